The van der Waals surface area contributed by atoms with E-state index >= 15 is 0 Å². The Hall–Kier alpha value is -5.95. The molecule has 18 heteroatoms. The fraction of sp³-hybridized carbons (Fsp3) is 0.500. The maximum atomic E-state index is 14.8. The van der Waals surface area contributed by atoms with Crippen LogP contribution in [0.5, 0.6) is 11.6 Å². The van der Waals surface area contributed by atoms with Crippen molar-refractivity contribution >= 4 is 55.4 Å². The predicted molar refractivity (Wildman–Crippen MR) is 264 cm³/mol. The predicted octanol–water partition coefficient (Wildman–Crippen LogP) is 7.90. The third-order valence-corrected chi connectivity index (χ3v) is 18.1. The Morgan fingerprint density at radius 3 is 2.57 bits per heavy atom. The number of likely N-dealkylation sites (tertiary alicyclic amines) is 1. The van der Waals surface area contributed by atoms with Crippen LogP contribution in [-0.2, 0) is 14.8 Å². The Bertz CT molecular complexity index is 2960. The molecule has 7 aliphatic rings. The van der Waals surface area contributed by atoms with E-state index in [1.54, 1.807) is 6.07 Å². The number of aliphatic hydroxyl groups is 1. The van der Waals surface area contributed by atoms with E-state index < -0.39 is 31.4 Å². The van der Waals surface area contributed by atoms with E-state index in [0.717, 1.165) is 62.5 Å². The number of aliphatic hydroxyl groups excluding tert-OH is 1. The molecule has 0 bridgehead atoms. The van der Waals surface area contributed by atoms with Gasteiger partial charge in [0.25, 0.3) is 21.6 Å². The molecule has 2 aromatic heterocycles. The maximum Gasteiger partial charge on any atom is 0.297 e. The highest BCUT2D eigenvalue weighted by Crippen LogP contribution is 2.55. The fourth-order valence-electron chi connectivity index (χ4n) is 12.9. The summed E-state index contributed by atoms with van der Waals surface area (Å²) in [5.74, 6) is -0.373. The van der Waals surface area contributed by atoms with Crippen LogP contribution >= 0.6 is 0 Å². The number of nitro groups is 1. The van der Waals surface area contributed by atoms with Gasteiger partial charge in [0.15, 0.2) is 11.4 Å². The molecular formula is C52H60N8O9S. The van der Waals surface area contributed by atoms with Gasteiger partial charge in [0.1, 0.15) is 24.0 Å². The van der Waals surface area contributed by atoms with Gasteiger partial charge in [-0.05, 0) is 130 Å². The number of ether oxygens (including phenoxy) is 3. The minimum atomic E-state index is -4.70. The SMILES string of the molecule is Cc1ccccc1[C@@H]1CCCN1C1CC2(CCN(c3ccc(C(=O)NS(=O)(=O)c4cc5c(c([N+](=O)[O-])c4)N[C@H](C4CCC(O)CC4)CO5)c(N4c5cc6cc[nH]c6nc5O[C@H]5CCOC[C@@H]54)c3)CC2)C1. The van der Waals surface area contributed by atoms with Crippen LogP contribution in [0.4, 0.5) is 28.4 Å². The number of carbonyl (C=O) groups is 1. The Balaban J connectivity index is 0.840. The van der Waals surface area contributed by atoms with Crippen molar-refractivity contribution in [3.05, 3.63) is 99.7 Å². The van der Waals surface area contributed by atoms with Crippen LogP contribution in [0.1, 0.15) is 98.2 Å². The number of benzene rings is 3. The molecule has 0 unspecified atom stereocenters. The smallest absolute Gasteiger partial charge is 0.297 e. The van der Waals surface area contributed by atoms with Crippen molar-refractivity contribution in [1.29, 1.82) is 0 Å². The average molecular weight is 973 g/mol. The Kier molecular flexibility index (Phi) is 11.4. The van der Waals surface area contributed by atoms with Gasteiger partial charge < -0.3 is 39.4 Å². The number of nitrogens with zero attached hydrogens (tertiary/aromatic N) is 5. The van der Waals surface area contributed by atoms with E-state index in [0.29, 0.717) is 67.5 Å². The summed E-state index contributed by atoms with van der Waals surface area (Å²) < 4.78 is 49.6. The first-order valence-corrected chi connectivity index (χ1v) is 26.6. The molecule has 1 spiro atoms. The second-order valence-corrected chi connectivity index (χ2v) is 22.5. The number of aromatic nitrogens is 2. The average Bonchev–Trinajstić information content (AvgIpc) is 4.04. The van der Waals surface area contributed by atoms with Gasteiger partial charge in [0.2, 0.25) is 5.88 Å². The molecule has 17 nitrogen and oxygen atoms in total. The van der Waals surface area contributed by atoms with E-state index in [2.05, 4.69) is 56.0 Å². The van der Waals surface area contributed by atoms with Gasteiger partial charge in [-0.2, -0.15) is 4.98 Å². The minimum absolute atomic E-state index is 0.0132. The number of nitrogens with one attached hydrogen (secondary N) is 3. The molecule has 2 saturated carbocycles. The topological polar surface area (TPSA) is 205 Å². The van der Waals surface area contributed by atoms with Crippen LogP contribution < -0.4 is 29.3 Å². The number of nitro benzene ring substituents is 1. The van der Waals surface area contributed by atoms with Crippen molar-refractivity contribution < 1.29 is 37.5 Å². The van der Waals surface area contributed by atoms with Gasteiger partial charge >= 0.3 is 0 Å². The zero-order valence-corrected chi connectivity index (χ0v) is 40.2. The number of hydrogen-bond acceptors (Lipinski definition) is 14. The first kappa shape index (κ1) is 45.2. The number of pyridine rings is 1. The summed E-state index contributed by atoms with van der Waals surface area (Å²) in [7, 11) is -4.70. The lowest BCUT2D eigenvalue weighted by molar-refractivity contribution is -0.384. The third-order valence-electron chi connectivity index (χ3n) is 16.8. The lowest BCUT2D eigenvalue weighted by Gasteiger charge is -2.56. The Labute approximate surface area is 407 Å². The molecule has 2 aliphatic carbocycles. The van der Waals surface area contributed by atoms with Gasteiger partial charge in [0, 0.05) is 61.0 Å². The fourth-order valence-corrected chi connectivity index (χ4v) is 13.9. The number of anilines is 4. The molecule has 368 valence electrons. The number of rotatable bonds is 9. The van der Waals surface area contributed by atoms with Crippen molar-refractivity contribution in [3.8, 4) is 11.6 Å². The summed E-state index contributed by atoms with van der Waals surface area (Å²) in [6, 6.07) is 20.9. The first-order valence-electron chi connectivity index (χ1n) is 25.1. The van der Waals surface area contributed by atoms with Gasteiger partial charge in [-0.15, -0.1) is 0 Å². The molecule has 5 aromatic rings. The van der Waals surface area contributed by atoms with Gasteiger partial charge in [-0.25, -0.2) is 13.1 Å². The van der Waals surface area contributed by atoms with Crippen molar-refractivity contribution in [2.75, 3.05) is 54.6 Å². The molecule has 5 aliphatic heterocycles. The van der Waals surface area contributed by atoms with Crippen molar-refractivity contribution in [1.82, 2.24) is 19.6 Å². The summed E-state index contributed by atoms with van der Waals surface area (Å²) in [6.45, 7) is 6.00. The molecule has 4 atom stereocenters. The summed E-state index contributed by atoms with van der Waals surface area (Å²) in [6.07, 6.45) is 11.3. The highest BCUT2D eigenvalue weighted by molar-refractivity contribution is 7.90. The van der Waals surface area contributed by atoms with Gasteiger partial charge in [-0.1, -0.05) is 24.3 Å². The molecule has 12 rings (SSSR count). The number of fused-ring (bicyclic) bond motifs is 4. The number of aromatic amines is 1. The number of amides is 1. The Morgan fingerprint density at radius 1 is 0.957 bits per heavy atom. The molecule has 4 N–H and O–H groups in total. The van der Waals surface area contributed by atoms with Crippen LogP contribution in [-0.4, -0.2) is 109 Å². The van der Waals surface area contributed by atoms with Crippen LogP contribution in [0, 0.1) is 28.4 Å². The number of H-pyrrole nitrogens is 1. The van der Waals surface area contributed by atoms with Gasteiger partial charge in [0.05, 0.1) is 52.5 Å². The van der Waals surface area contributed by atoms with Crippen LogP contribution in [0.25, 0.3) is 11.0 Å². The highest BCUT2D eigenvalue weighted by atomic mass is 32.2. The zero-order valence-electron chi connectivity index (χ0n) is 39.3. The number of aryl methyl sites for hydroxylation is 1. The van der Waals surface area contributed by atoms with Crippen molar-refractivity contribution in [2.45, 2.75) is 119 Å². The molecule has 3 aromatic carbocycles. The van der Waals surface area contributed by atoms with Crippen LogP contribution in [0.15, 0.2) is 77.8 Å². The second-order valence-electron chi connectivity index (χ2n) is 20.8. The summed E-state index contributed by atoms with van der Waals surface area (Å²) in [5.41, 5.74) is 5.48. The monoisotopic (exact) mass is 972 g/mol. The number of sulfonamides is 1. The van der Waals surface area contributed by atoms with Crippen molar-refractivity contribution in [2.24, 2.45) is 11.3 Å². The summed E-state index contributed by atoms with van der Waals surface area (Å²) in [4.78, 5) is 41.4. The lowest BCUT2D eigenvalue weighted by atomic mass is 9.59. The van der Waals surface area contributed by atoms with E-state index in [9.17, 15) is 28.4 Å². The molecule has 0 radical (unpaired) electrons. The molecule has 5 fully saturated rings. The Morgan fingerprint density at radius 2 is 1.77 bits per heavy atom. The standard InChI is InChI=1S/C52H60N8O9S/c1-31-5-2-3-6-38(31)41-7-4-19-58(41)35-27-52(28-35)16-20-57(21-17-52)34-10-13-39(42(24-34)59-44-23-33-14-18-53-49(33)55-51(44)69-46-15-22-67-30-45(46)59)50(62)56-70(65,66)37-25-43(60(63)64)48-47(26-37)68-29-40(54-48)32-8-11-36(61)12-9-32/h2-3,5-6,10,13-14,18,23-26,32,35-36,40-41,45-46,54,61H,4,7-9,11-12,15-17,19-22,27-30H2,1H3,(H,53,55)(H,56,62)/t32?,36?,40-,41-,45-,46-/m0/s1. The molecule has 70 heavy (non-hydrogen) atoms. The maximum absolute atomic E-state index is 14.8. The van der Waals surface area contributed by atoms with Crippen LogP contribution in [0.2, 0.25) is 0 Å². The number of piperidine rings is 1. The van der Waals surface area contributed by atoms with E-state index in [1.165, 1.54) is 42.9 Å². The van der Waals surface area contributed by atoms with Gasteiger partial charge in [-0.3, -0.25) is 19.8 Å². The second kappa shape index (κ2) is 17.7. The van der Waals surface area contributed by atoms with Crippen LogP contribution in [0.3, 0.4) is 0 Å². The third kappa shape index (κ3) is 8.09. The number of hydrogen-bond donors (Lipinski definition) is 4. The molecule has 7 heterocycles. The zero-order chi connectivity index (χ0) is 47.9. The van der Waals surface area contributed by atoms with E-state index in [4.69, 9.17) is 19.2 Å². The minimum Gasteiger partial charge on any atom is -0.489 e. The molecule has 1 amide bonds. The number of carbonyl (C=O) groups excluding carboxylic acids is 1. The first-order chi connectivity index (χ1) is 33.9. The quantitative estimate of drug-likeness (QED) is 0.0820. The molecule has 3 saturated heterocycles. The summed E-state index contributed by atoms with van der Waals surface area (Å²) >= 11 is 0. The molecular weight excluding hydrogens is 913 g/mol. The largest absolute Gasteiger partial charge is 0.489 e. The normalized spacial score (nSPS) is 26.5. The van der Waals surface area contributed by atoms with E-state index in [-0.39, 0.29) is 59.2 Å². The van der Waals surface area contributed by atoms with E-state index in [1.807, 2.05) is 35.4 Å². The highest BCUT2D eigenvalue weighted by Gasteiger charge is 2.50. The van der Waals surface area contributed by atoms with Crippen molar-refractivity contribution in [3.63, 3.8) is 0 Å². The summed E-state index contributed by atoms with van der Waals surface area (Å²) in [5, 5.41) is 26.7. The lowest BCUT2D eigenvalue weighted by Crippen LogP contribution is -2.55.